The first-order valence-corrected chi connectivity index (χ1v) is 11.4. The van der Waals surface area contributed by atoms with E-state index in [4.69, 9.17) is 0 Å². The van der Waals surface area contributed by atoms with Gasteiger partial charge in [0.2, 0.25) is 10.0 Å². The maximum atomic E-state index is 12.9. The lowest BCUT2D eigenvalue weighted by atomic mass is 10.1. The lowest BCUT2D eigenvalue weighted by molar-refractivity contribution is -0.918. The zero-order valence-electron chi connectivity index (χ0n) is 17.3. The first kappa shape index (κ1) is 20.8. The number of rotatable bonds is 7. The standard InChI is InChI=1S/C22H31N3O2S/c1-17-7-12-21(15-18(17)2)28(26,27)23-16-22(25-13-5-6-14-25)19-8-10-20(11-9-19)24(3)4/h7-12,15,22-23H,5-6,13-14,16H2,1-4H3/p+1/t22-/m1/s1. The van der Waals surface area contributed by atoms with E-state index in [-0.39, 0.29) is 6.04 Å². The third-order valence-corrected chi connectivity index (χ3v) is 7.24. The Labute approximate surface area is 169 Å². The molecule has 0 saturated carbocycles. The molecule has 2 aromatic carbocycles. The molecule has 1 aliphatic rings. The summed E-state index contributed by atoms with van der Waals surface area (Å²) < 4.78 is 28.6. The van der Waals surface area contributed by atoms with E-state index in [9.17, 15) is 8.42 Å². The van der Waals surface area contributed by atoms with Crippen LogP contribution in [0.4, 0.5) is 5.69 Å². The van der Waals surface area contributed by atoms with Crippen LogP contribution >= 0.6 is 0 Å². The molecule has 5 nitrogen and oxygen atoms in total. The average Bonchev–Trinajstić information content (AvgIpc) is 3.19. The number of sulfonamides is 1. The van der Waals surface area contributed by atoms with Crippen LogP contribution in [-0.2, 0) is 10.0 Å². The minimum atomic E-state index is -3.53. The maximum absolute atomic E-state index is 12.9. The molecule has 1 saturated heterocycles. The summed E-state index contributed by atoms with van der Waals surface area (Å²) in [5, 5.41) is 0. The minimum absolute atomic E-state index is 0.125. The van der Waals surface area contributed by atoms with Crippen LogP contribution in [0.2, 0.25) is 0 Å². The number of hydrogen-bond donors (Lipinski definition) is 2. The van der Waals surface area contributed by atoms with Gasteiger partial charge in [-0.2, -0.15) is 0 Å². The van der Waals surface area contributed by atoms with Gasteiger partial charge in [-0.05, 0) is 49.2 Å². The third-order valence-electron chi connectivity index (χ3n) is 5.82. The van der Waals surface area contributed by atoms with Crippen LogP contribution in [0.5, 0.6) is 0 Å². The Morgan fingerprint density at radius 1 is 1.00 bits per heavy atom. The Bertz CT molecular complexity index is 902. The predicted molar refractivity (Wildman–Crippen MR) is 115 cm³/mol. The molecule has 1 heterocycles. The van der Waals surface area contributed by atoms with Crippen LogP contribution in [0.25, 0.3) is 0 Å². The van der Waals surface area contributed by atoms with E-state index in [1.165, 1.54) is 23.3 Å². The van der Waals surface area contributed by atoms with Crippen molar-refractivity contribution in [2.75, 3.05) is 38.6 Å². The van der Waals surface area contributed by atoms with Gasteiger partial charge in [0.15, 0.2) is 0 Å². The highest BCUT2D eigenvalue weighted by Crippen LogP contribution is 2.19. The fraction of sp³-hybridized carbons (Fsp3) is 0.455. The van der Waals surface area contributed by atoms with Gasteiger partial charge >= 0.3 is 0 Å². The van der Waals surface area contributed by atoms with Crippen LogP contribution in [-0.4, -0.2) is 42.1 Å². The van der Waals surface area contributed by atoms with Gasteiger partial charge in [0, 0.05) is 38.2 Å². The summed E-state index contributed by atoms with van der Waals surface area (Å²) in [6, 6.07) is 13.9. The van der Waals surface area contributed by atoms with Crippen molar-refractivity contribution >= 4 is 15.7 Å². The molecule has 1 atom stereocenters. The van der Waals surface area contributed by atoms with Crippen molar-refractivity contribution in [1.82, 2.24) is 4.72 Å². The molecule has 152 valence electrons. The van der Waals surface area contributed by atoms with Crippen LogP contribution in [0.15, 0.2) is 47.4 Å². The van der Waals surface area contributed by atoms with E-state index in [0.717, 1.165) is 29.9 Å². The summed E-state index contributed by atoms with van der Waals surface area (Å²) in [7, 11) is 0.522. The monoisotopic (exact) mass is 402 g/mol. The number of aryl methyl sites for hydroxylation is 2. The molecular formula is C22H32N3O2S+. The van der Waals surface area contributed by atoms with Gasteiger partial charge in [0.25, 0.3) is 0 Å². The van der Waals surface area contributed by atoms with Gasteiger partial charge in [-0.3, -0.25) is 0 Å². The largest absolute Gasteiger partial charge is 0.378 e. The predicted octanol–water partition coefficient (Wildman–Crippen LogP) is 2.07. The van der Waals surface area contributed by atoms with Crippen molar-refractivity contribution in [2.45, 2.75) is 37.6 Å². The highest BCUT2D eigenvalue weighted by atomic mass is 32.2. The van der Waals surface area contributed by atoms with Crippen molar-refractivity contribution in [3.8, 4) is 0 Å². The molecule has 3 rings (SSSR count). The Kier molecular flexibility index (Phi) is 6.43. The Balaban J connectivity index is 1.80. The maximum Gasteiger partial charge on any atom is 0.240 e. The lowest BCUT2D eigenvalue weighted by Crippen LogP contribution is -3.11. The second-order valence-electron chi connectivity index (χ2n) is 8.00. The first-order valence-electron chi connectivity index (χ1n) is 9.97. The van der Waals surface area contributed by atoms with Gasteiger partial charge in [-0.25, -0.2) is 13.1 Å². The number of benzene rings is 2. The zero-order chi connectivity index (χ0) is 20.3. The van der Waals surface area contributed by atoms with Crippen molar-refractivity contribution in [1.29, 1.82) is 0 Å². The Morgan fingerprint density at radius 3 is 2.21 bits per heavy atom. The SMILES string of the molecule is Cc1ccc(S(=O)(=O)NC[C@H](c2ccc(N(C)C)cc2)[NH+]2CCCC2)cc1C. The van der Waals surface area contributed by atoms with Crippen molar-refractivity contribution in [3.63, 3.8) is 0 Å². The van der Waals surface area contributed by atoms with Crippen LogP contribution in [0, 0.1) is 13.8 Å². The normalized spacial score (nSPS) is 16.3. The summed E-state index contributed by atoms with van der Waals surface area (Å²) in [6.07, 6.45) is 2.40. The van der Waals surface area contributed by atoms with Gasteiger partial charge in [-0.15, -0.1) is 0 Å². The smallest absolute Gasteiger partial charge is 0.240 e. The van der Waals surface area contributed by atoms with Crippen LogP contribution in [0.1, 0.15) is 35.6 Å². The molecule has 2 N–H and O–H groups in total. The molecule has 2 aromatic rings. The Morgan fingerprint density at radius 2 is 1.64 bits per heavy atom. The third kappa shape index (κ3) is 4.74. The van der Waals surface area contributed by atoms with E-state index in [0.29, 0.717) is 11.4 Å². The van der Waals surface area contributed by atoms with E-state index in [1.807, 2.05) is 34.0 Å². The molecule has 0 aliphatic carbocycles. The Hall–Kier alpha value is -1.89. The van der Waals surface area contributed by atoms with Crippen LogP contribution < -0.4 is 14.5 Å². The van der Waals surface area contributed by atoms with Gasteiger partial charge in [-0.1, -0.05) is 18.2 Å². The number of nitrogens with zero attached hydrogens (tertiary/aromatic N) is 1. The van der Waals surface area contributed by atoms with E-state index in [2.05, 4.69) is 33.9 Å². The molecule has 6 heteroatoms. The molecule has 1 aliphatic heterocycles. The fourth-order valence-corrected chi connectivity index (χ4v) is 4.97. The van der Waals surface area contributed by atoms with Crippen molar-refractivity contribution in [3.05, 3.63) is 59.2 Å². The number of nitrogens with one attached hydrogen (secondary N) is 2. The molecule has 0 amide bonds. The lowest BCUT2D eigenvalue weighted by Gasteiger charge is -2.26. The van der Waals surface area contributed by atoms with E-state index in [1.54, 1.807) is 12.1 Å². The summed E-state index contributed by atoms with van der Waals surface area (Å²) in [5.41, 5.74) is 4.42. The molecule has 1 fully saturated rings. The molecule has 0 spiro atoms. The van der Waals surface area contributed by atoms with Crippen molar-refractivity contribution < 1.29 is 13.3 Å². The molecule has 0 radical (unpaired) electrons. The second kappa shape index (κ2) is 8.64. The summed E-state index contributed by atoms with van der Waals surface area (Å²) in [4.78, 5) is 3.87. The molecule has 0 aromatic heterocycles. The van der Waals surface area contributed by atoms with E-state index >= 15 is 0 Å². The second-order valence-corrected chi connectivity index (χ2v) is 9.77. The quantitative estimate of drug-likeness (QED) is 0.746. The highest BCUT2D eigenvalue weighted by molar-refractivity contribution is 7.89. The summed E-state index contributed by atoms with van der Waals surface area (Å²) >= 11 is 0. The fourth-order valence-electron chi connectivity index (χ4n) is 3.84. The zero-order valence-corrected chi connectivity index (χ0v) is 18.1. The van der Waals surface area contributed by atoms with Crippen LogP contribution in [0.3, 0.4) is 0 Å². The van der Waals surface area contributed by atoms with Gasteiger partial charge in [0.05, 0.1) is 24.5 Å². The van der Waals surface area contributed by atoms with Gasteiger partial charge in [0.1, 0.15) is 6.04 Å². The topological polar surface area (TPSA) is 53.9 Å². The highest BCUT2D eigenvalue weighted by Gasteiger charge is 2.29. The molecule has 28 heavy (non-hydrogen) atoms. The number of anilines is 1. The van der Waals surface area contributed by atoms with E-state index < -0.39 is 10.0 Å². The molecule has 0 unspecified atom stereocenters. The summed E-state index contributed by atoms with van der Waals surface area (Å²) in [5.74, 6) is 0. The number of likely N-dealkylation sites (tertiary alicyclic amines) is 1. The first-order chi connectivity index (χ1) is 13.3. The average molecular weight is 403 g/mol. The number of hydrogen-bond acceptors (Lipinski definition) is 3. The molecule has 0 bridgehead atoms. The minimum Gasteiger partial charge on any atom is -0.378 e. The number of quaternary nitrogens is 1. The summed E-state index contributed by atoms with van der Waals surface area (Å²) in [6.45, 7) is 6.52. The van der Waals surface area contributed by atoms with Gasteiger partial charge < -0.3 is 9.80 Å². The van der Waals surface area contributed by atoms with Crippen molar-refractivity contribution in [2.24, 2.45) is 0 Å². The molecular weight excluding hydrogens is 370 g/mol.